The molecule has 0 unspecified atom stereocenters. The van der Waals surface area contributed by atoms with Crippen molar-refractivity contribution >= 4 is 45.7 Å². The Morgan fingerprint density at radius 2 is 1.97 bits per heavy atom. The molecule has 9 heteroatoms. The van der Waals surface area contributed by atoms with Gasteiger partial charge >= 0.3 is 0 Å². The van der Waals surface area contributed by atoms with Crippen LogP contribution in [0.3, 0.4) is 0 Å². The van der Waals surface area contributed by atoms with Gasteiger partial charge < -0.3 is 10.1 Å². The smallest absolute Gasteiger partial charge is 0.247 e. The molecule has 6 nitrogen and oxygen atoms in total. The second kappa shape index (κ2) is 8.98. The lowest BCUT2D eigenvalue weighted by Crippen LogP contribution is -2.08. The number of ether oxygens (including phenoxy) is 1. The molecule has 0 fully saturated rings. The van der Waals surface area contributed by atoms with Crippen LogP contribution in [0.25, 0.3) is 22.2 Å². The summed E-state index contributed by atoms with van der Waals surface area (Å²) in [5, 5.41) is 11.4. The fourth-order valence-electron chi connectivity index (χ4n) is 3.35. The van der Waals surface area contributed by atoms with Crippen molar-refractivity contribution < 1.29 is 13.9 Å². The summed E-state index contributed by atoms with van der Waals surface area (Å²) < 4.78 is 20.1. The predicted octanol–water partition coefficient (Wildman–Crippen LogP) is 6.34. The molecular formula is C23H17Cl2FN4O2. The second-order valence-corrected chi connectivity index (χ2v) is 7.75. The van der Waals surface area contributed by atoms with Gasteiger partial charge in [0.25, 0.3) is 0 Å². The van der Waals surface area contributed by atoms with E-state index < -0.39 is 17.8 Å². The normalized spacial score (nSPS) is 11.9. The zero-order valence-electron chi connectivity index (χ0n) is 16.8. The Balaban J connectivity index is 1.74. The SMILES string of the molecule is C=CC(=O)Nc1ccc(F)cc1-c1n[nH]c2ccc(O[C@H](C)c3c(Cl)cncc3Cl)cc12. The number of H-pyrrole nitrogens is 1. The molecule has 0 saturated heterocycles. The number of anilines is 1. The lowest BCUT2D eigenvalue weighted by molar-refractivity contribution is -0.111. The summed E-state index contributed by atoms with van der Waals surface area (Å²) in [6, 6.07) is 9.39. The molecule has 0 radical (unpaired) electrons. The molecule has 1 amide bonds. The van der Waals surface area contributed by atoms with Crippen LogP contribution >= 0.6 is 23.2 Å². The molecule has 0 bridgehead atoms. The Kier molecular flexibility index (Phi) is 6.12. The maximum atomic E-state index is 14.0. The zero-order valence-corrected chi connectivity index (χ0v) is 18.3. The van der Waals surface area contributed by atoms with E-state index in [0.717, 1.165) is 6.08 Å². The summed E-state index contributed by atoms with van der Waals surface area (Å²) in [6.07, 6.45) is 3.69. The van der Waals surface area contributed by atoms with Crippen molar-refractivity contribution in [3.8, 4) is 17.0 Å². The number of amides is 1. The Morgan fingerprint density at radius 1 is 1.22 bits per heavy atom. The molecule has 1 atom stereocenters. The standard InChI is InChI=1S/C23H17Cl2FN4O2/c1-3-21(31)28-19-6-4-13(26)8-15(19)23-16-9-14(5-7-20(16)29-30-23)32-12(2)22-17(24)10-27-11-18(22)25/h3-12H,1H2,2H3,(H,28,31)(H,29,30)/t12-/m1/s1. The van der Waals surface area contributed by atoms with E-state index in [2.05, 4.69) is 27.1 Å². The third-order valence-corrected chi connectivity index (χ3v) is 5.43. The maximum Gasteiger partial charge on any atom is 0.247 e. The van der Waals surface area contributed by atoms with Crippen molar-refractivity contribution in [2.45, 2.75) is 13.0 Å². The van der Waals surface area contributed by atoms with E-state index in [1.807, 2.05) is 6.92 Å². The molecule has 0 aliphatic rings. The van der Waals surface area contributed by atoms with Crippen LogP contribution in [-0.4, -0.2) is 21.1 Å². The van der Waals surface area contributed by atoms with Gasteiger partial charge in [0, 0.05) is 28.9 Å². The lowest BCUT2D eigenvalue weighted by Gasteiger charge is -2.17. The van der Waals surface area contributed by atoms with Gasteiger partial charge in [-0.15, -0.1) is 0 Å². The van der Waals surface area contributed by atoms with E-state index in [-0.39, 0.29) is 0 Å². The van der Waals surface area contributed by atoms with Crippen molar-refractivity contribution in [1.29, 1.82) is 0 Å². The fourth-order valence-corrected chi connectivity index (χ4v) is 4.02. The molecule has 2 N–H and O–H groups in total. The van der Waals surface area contributed by atoms with Crippen LogP contribution in [-0.2, 0) is 4.79 Å². The summed E-state index contributed by atoms with van der Waals surface area (Å²) in [6.45, 7) is 5.27. The highest BCUT2D eigenvalue weighted by Crippen LogP contribution is 2.36. The minimum atomic E-state index is -0.462. The first-order chi connectivity index (χ1) is 15.4. The highest BCUT2D eigenvalue weighted by Gasteiger charge is 2.18. The highest BCUT2D eigenvalue weighted by atomic mass is 35.5. The van der Waals surface area contributed by atoms with E-state index in [1.54, 1.807) is 18.2 Å². The topological polar surface area (TPSA) is 79.9 Å². The van der Waals surface area contributed by atoms with Gasteiger partial charge in [-0.05, 0) is 49.4 Å². The zero-order chi connectivity index (χ0) is 22.8. The monoisotopic (exact) mass is 470 g/mol. The van der Waals surface area contributed by atoms with Crippen LogP contribution in [0, 0.1) is 5.82 Å². The van der Waals surface area contributed by atoms with Gasteiger partial charge in [0.05, 0.1) is 21.2 Å². The molecule has 162 valence electrons. The molecule has 0 saturated carbocycles. The number of nitrogens with one attached hydrogen (secondary N) is 2. The summed E-state index contributed by atoms with van der Waals surface area (Å²) in [4.78, 5) is 15.8. The largest absolute Gasteiger partial charge is 0.486 e. The van der Waals surface area contributed by atoms with Gasteiger partial charge in [-0.2, -0.15) is 5.10 Å². The van der Waals surface area contributed by atoms with Gasteiger partial charge in [0.2, 0.25) is 5.91 Å². The Morgan fingerprint density at radius 3 is 2.69 bits per heavy atom. The number of hydrogen-bond donors (Lipinski definition) is 2. The molecule has 4 rings (SSSR count). The van der Waals surface area contributed by atoms with Crippen molar-refractivity contribution in [3.63, 3.8) is 0 Å². The summed E-state index contributed by atoms with van der Waals surface area (Å²) in [5.41, 5.74) is 2.61. The molecule has 4 aromatic rings. The number of halogens is 3. The number of aromatic amines is 1. The Hall–Kier alpha value is -3.42. The molecule has 0 aliphatic heterocycles. The van der Waals surface area contributed by atoms with Crippen LogP contribution in [0.2, 0.25) is 10.0 Å². The van der Waals surface area contributed by atoms with Gasteiger partial charge in [-0.1, -0.05) is 29.8 Å². The average molecular weight is 471 g/mol. The van der Waals surface area contributed by atoms with Crippen LogP contribution in [0.15, 0.2) is 61.4 Å². The number of fused-ring (bicyclic) bond motifs is 1. The third kappa shape index (κ3) is 4.30. The first kappa shape index (κ1) is 21.8. The number of aromatic nitrogens is 3. The number of benzene rings is 2. The van der Waals surface area contributed by atoms with E-state index >= 15 is 0 Å². The third-order valence-electron chi connectivity index (χ3n) is 4.82. The van der Waals surface area contributed by atoms with Gasteiger partial charge in [-0.3, -0.25) is 14.9 Å². The number of hydrogen-bond acceptors (Lipinski definition) is 4. The van der Waals surface area contributed by atoms with E-state index in [9.17, 15) is 9.18 Å². The summed E-state index contributed by atoms with van der Waals surface area (Å²) in [7, 11) is 0. The fraction of sp³-hybridized carbons (Fsp3) is 0.0870. The van der Waals surface area contributed by atoms with Crippen LogP contribution in [0.4, 0.5) is 10.1 Å². The molecule has 0 aliphatic carbocycles. The first-order valence-corrected chi connectivity index (χ1v) is 10.3. The minimum absolute atomic E-state index is 0.400. The van der Waals surface area contributed by atoms with Gasteiger partial charge in [0.15, 0.2) is 0 Å². The molecule has 0 spiro atoms. The van der Waals surface area contributed by atoms with E-state index in [0.29, 0.717) is 49.2 Å². The van der Waals surface area contributed by atoms with Crippen LogP contribution in [0.1, 0.15) is 18.6 Å². The van der Waals surface area contributed by atoms with Crippen molar-refractivity contribution in [3.05, 3.63) is 82.9 Å². The molecule has 2 aromatic carbocycles. The molecule has 32 heavy (non-hydrogen) atoms. The second-order valence-electron chi connectivity index (χ2n) is 6.94. The Bertz CT molecular complexity index is 1320. The van der Waals surface area contributed by atoms with Crippen LogP contribution < -0.4 is 10.1 Å². The van der Waals surface area contributed by atoms with Crippen molar-refractivity contribution in [1.82, 2.24) is 15.2 Å². The number of carbonyl (C=O) groups is 1. The molecule has 2 heterocycles. The lowest BCUT2D eigenvalue weighted by atomic mass is 10.0. The summed E-state index contributed by atoms with van der Waals surface area (Å²) >= 11 is 12.5. The Labute approximate surface area is 193 Å². The van der Waals surface area contributed by atoms with E-state index in [4.69, 9.17) is 27.9 Å². The quantitative estimate of drug-likeness (QED) is 0.322. The van der Waals surface area contributed by atoms with Crippen molar-refractivity contribution in [2.24, 2.45) is 0 Å². The average Bonchev–Trinajstić information content (AvgIpc) is 3.18. The number of pyridine rings is 1. The predicted molar refractivity (Wildman–Crippen MR) is 124 cm³/mol. The molecule has 2 aromatic heterocycles. The van der Waals surface area contributed by atoms with Gasteiger partial charge in [0.1, 0.15) is 23.4 Å². The first-order valence-electron chi connectivity index (χ1n) is 9.54. The highest BCUT2D eigenvalue weighted by molar-refractivity contribution is 6.35. The van der Waals surface area contributed by atoms with Crippen molar-refractivity contribution in [2.75, 3.05) is 5.32 Å². The van der Waals surface area contributed by atoms with E-state index in [1.165, 1.54) is 30.6 Å². The van der Waals surface area contributed by atoms with Crippen LogP contribution in [0.5, 0.6) is 5.75 Å². The maximum absolute atomic E-state index is 14.0. The summed E-state index contributed by atoms with van der Waals surface area (Å²) in [5.74, 6) is -0.345. The van der Waals surface area contributed by atoms with Gasteiger partial charge in [-0.25, -0.2) is 4.39 Å². The minimum Gasteiger partial charge on any atom is -0.486 e. The number of rotatable bonds is 6. The molecular weight excluding hydrogens is 454 g/mol. The number of carbonyl (C=O) groups excluding carboxylic acids is 1. The number of nitrogens with zero attached hydrogens (tertiary/aromatic N) is 2.